The summed E-state index contributed by atoms with van der Waals surface area (Å²) < 4.78 is 0. The van der Waals surface area contributed by atoms with Crippen LogP contribution in [0.25, 0.3) is 11.4 Å². The maximum atomic E-state index is 10.9. The molecule has 17 heavy (non-hydrogen) atoms. The van der Waals surface area contributed by atoms with Gasteiger partial charge in [0.1, 0.15) is 0 Å². The van der Waals surface area contributed by atoms with Gasteiger partial charge in [-0.3, -0.25) is 4.79 Å². The topological polar surface area (TPSA) is 68.9 Å². The van der Waals surface area contributed by atoms with Crippen molar-refractivity contribution in [1.29, 1.82) is 0 Å². The van der Waals surface area contributed by atoms with Crippen LogP contribution in [0.15, 0.2) is 30.6 Å². The molecule has 2 N–H and O–H groups in total. The minimum absolute atomic E-state index is 0.276. The minimum atomic E-state index is -0.549. The normalized spacial score (nSPS) is 10.2. The Balaban J connectivity index is 2.50. The SMILES string of the molecule is Cc1cccc(Cl)c1-c1ncc(C(N)=O)cn1. The number of hydrogen-bond donors (Lipinski definition) is 1. The monoisotopic (exact) mass is 247 g/mol. The lowest BCUT2D eigenvalue weighted by Gasteiger charge is -2.06. The van der Waals surface area contributed by atoms with Gasteiger partial charge in [0.25, 0.3) is 5.91 Å². The lowest BCUT2D eigenvalue weighted by molar-refractivity contribution is 0.0999. The van der Waals surface area contributed by atoms with Gasteiger partial charge in [-0.05, 0) is 18.6 Å². The maximum absolute atomic E-state index is 10.9. The first-order valence-corrected chi connectivity index (χ1v) is 5.34. The fourth-order valence-electron chi connectivity index (χ4n) is 1.50. The molecule has 0 radical (unpaired) electrons. The van der Waals surface area contributed by atoms with E-state index in [0.717, 1.165) is 11.1 Å². The number of amides is 1. The van der Waals surface area contributed by atoms with Crippen molar-refractivity contribution in [2.24, 2.45) is 5.73 Å². The summed E-state index contributed by atoms with van der Waals surface area (Å²) in [5.41, 5.74) is 7.14. The van der Waals surface area contributed by atoms with E-state index in [2.05, 4.69) is 9.97 Å². The number of benzene rings is 1. The van der Waals surface area contributed by atoms with Crippen LogP contribution in [0, 0.1) is 6.92 Å². The highest BCUT2D eigenvalue weighted by atomic mass is 35.5. The zero-order valence-corrected chi connectivity index (χ0v) is 9.90. The molecule has 0 bridgehead atoms. The molecule has 0 aliphatic heterocycles. The molecule has 0 spiro atoms. The Morgan fingerprint density at radius 3 is 2.47 bits per heavy atom. The van der Waals surface area contributed by atoms with Gasteiger partial charge in [0.2, 0.25) is 0 Å². The van der Waals surface area contributed by atoms with Crippen LogP contribution >= 0.6 is 11.6 Å². The van der Waals surface area contributed by atoms with Crippen molar-refractivity contribution >= 4 is 17.5 Å². The standard InChI is InChI=1S/C12H10ClN3O/c1-7-3-2-4-9(13)10(7)12-15-5-8(6-16-12)11(14)17/h2-6H,1H3,(H2,14,17). The van der Waals surface area contributed by atoms with E-state index in [1.165, 1.54) is 12.4 Å². The molecule has 0 aliphatic rings. The first-order chi connectivity index (χ1) is 8.09. The number of halogens is 1. The molecule has 1 aromatic heterocycles. The summed E-state index contributed by atoms with van der Waals surface area (Å²) in [4.78, 5) is 19.1. The Morgan fingerprint density at radius 1 is 1.29 bits per heavy atom. The molecule has 0 saturated carbocycles. The Bertz CT molecular complexity index is 546. The average Bonchev–Trinajstić information content (AvgIpc) is 2.29. The fourth-order valence-corrected chi connectivity index (χ4v) is 1.81. The molecule has 4 nitrogen and oxygen atoms in total. The van der Waals surface area contributed by atoms with Crippen LogP contribution in [-0.2, 0) is 0 Å². The number of nitrogens with zero attached hydrogens (tertiary/aromatic N) is 2. The molecule has 0 unspecified atom stereocenters. The molecule has 1 aromatic carbocycles. The summed E-state index contributed by atoms with van der Waals surface area (Å²) in [6.45, 7) is 1.92. The first kappa shape index (κ1) is 11.5. The van der Waals surface area contributed by atoms with Gasteiger partial charge < -0.3 is 5.73 Å². The fraction of sp³-hybridized carbons (Fsp3) is 0.0833. The summed E-state index contributed by atoms with van der Waals surface area (Å²) in [7, 11) is 0. The third-order valence-electron chi connectivity index (χ3n) is 2.38. The summed E-state index contributed by atoms with van der Waals surface area (Å²) in [6, 6.07) is 5.56. The molecular formula is C12H10ClN3O. The van der Waals surface area contributed by atoms with Crippen LogP contribution in [-0.4, -0.2) is 15.9 Å². The molecular weight excluding hydrogens is 238 g/mol. The number of aryl methyl sites for hydroxylation is 1. The number of carbonyl (C=O) groups is 1. The minimum Gasteiger partial charge on any atom is -0.366 e. The third kappa shape index (κ3) is 2.26. The van der Waals surface area contributed by atoms with Gasteiger partial charge in [0.05, 0.1) is 10.6 Å². The molecule has 0 saturated heterocycles. The summed E-state index contributed by atoms with van der Waals surface area (Å²) in [6.07, 6.45) is 2.79. The van der Waals surface area contributed by atoms with Crippen LogP contribution in [0.1, 0.15) is 15.9 Å². The highest BCUT2D eigenvalue weighted by Gasteiger charge is 2.10. The van der Waals surface area contributed by atoms with Crippen molar-refractivity contribution in [1.82, 2.24) is 9.97 Å². The maximum Gasteiger partial charge on any atom is 0.251 e. The lowest BCUT2D eigenvalue weighted by Crippen LogP contribution is -2.11. The van der Waals surface area contributed by atoms with Crippen molar-refractivity contribution in [2.45, 2.75) is 6.92 Å². The molecule has 1 heterocycles. The van der Waals surface area contributed by atoms with Crippen molar-refractivity contribution in [3.63, 3.8) is 0 Å². The second kappa shape index (κ2) is 4.51. The second-order valence-corrected chi connectivity index (χ2v) is 4.00. The van der Waals surface area contributed by atoms with E-state index >= 15 is 0 Å². The number of primary amides is 1. The van der Waals surface area contributed by atoms with E-state index in [1.807, 2.05) is 19.1 Å². The van der Waals surface area contributed by atoms with Gasteiger partial charge in [-0.2, -0.15) is 0 Å². The highest BCUT2D eigenvalue weighted by Crippen LogP contribution is 2.27. The van der Waals surface area contributed by atoms with Crippen LogP contribution in [0.4, 0.5) is 0 Å². The summed E-state index contributed by atoms with van der Waals surface area (Å²) >= 11 is 6.09. The van der Waals surface area contributed by atoms with Gasteiger partial charge in [-0.15, -0.1) is 0 Å². The predicted octanol–water partition coefficient (Wildman–Crippen LogP) is 2.20. The molecule has 5 heteroatoms. The Hall–Kier alpha value is -1.94. The largest absolute Gasteiger partial charge is 0.366 e. The van der Waals surface area contributed by atoms with Crippen molar-refractivity contribution in [3.05, 3.63) is 46.7 Å². The van der Waals surface area contributed by atoms with E-state index in [1.54, 1.807) is 6.07 Å². The van der Waals surface area contributed by atoms with E-state index in [4.69, 9.17) is 17.3 Å². The molecule has 0 fully saturated rings. The summed E-state index contributed by atoms with van der Waals surface area (Å²) in [5.74, 6) is -0.0643. The van der Waals surface area contributed by atoms with E-state index in [9.17, 15) is 4.79 Å². The second-order valence-electron chi connectivity index (χ2n) is 3.59. The first-order valence-electron chi connectivity index (χ1n) is 4.97. The zero-order chi connectivity index (χ0) is 12.4. The van der Waals surface area contributed by atoms with Crippen molar-refractivity contribution in [3.8, 4) is 11.4 Å². The third-order valence-corrected chi connectivity index (χ3v) is 2.70. The predicted molar refractivity (Wildman–Crippen MR) is 65.7 cm³/mol. The van der Waals surface area contributed by atoms with Crippen LogP contribution in [0.5, 0.6) is 0 Å². The number of carbonyl (C=O) groups excluding carboxylic acids is 1. The lowest BCUT2D eigenvalue weighted by atomic mass is 10.1. The van der Waals surface area contributed by atoms with E-state index in [0.29, 0.717) is 10.8 Å². The number of hydrogen-bond acceptors (Lipinski definition) is 3. The van der Waals surface area contributed by atoms with Crippen LogP contribution < -0.4 is 5.73 Å². The van der Waals surface area contributed by atoms with E-state index in [-0.39, 0.29) is 5.56 Å². The van der Waals surface area contributed by atoms with Gasteiger partial charge >= 0.3 is 0 Å². The Labute approximate surface area is 103 Å². The van der Waals surface area contributed by atoms with Gasteiger partial charge in [0.15, 0.2) is 5.82 Å². The average molecular weight is 248 g/mol. The molecule has 86 valence electrons. The van der Waals surface area contributed by atoms with Gasteiger partial charge in [-0.25, -0.2) is 9.97 Å². The van der Waals surface area contributed by atoms with Crippen LogP contribution in [0.3, 0.4) is 0 Å². The molecule has 2 rings (SSSR count). The van der Waals surface area contributed by atoms with Crippen LogP contribution in [0.2, 0.25) is 5.02 Å². The number of aromatic nitrogens is 2. The van der Waals surface area contributed by atoms with Gasteiger partial charge in [-0.1, -0.05) is 23.7 Å². The smallest absolute Gasteiger partial charge is 0.251 e. The molecule has 2 aromatic rings. The number of nitrogens with two attached hydrogens (primary N) is 1. The quantitative estimate of drug-likeness (QED) is 0.885. The Morgan fingerprint density at radius 2 is 1.94 bits per heavy atom. The Kier molecular flexibility index (Phi) is 3.06. The van der Waals surface area contributed by atoms with E-state index < -0.39 is 5.91 Å². The molecule has 0 atom stereocenters. The zero-order valence-electron chi connectivity index (χ0n) is 9.14. The summed E-state index contributed by atoms with van der Waals surface area (Å²) in [5, 5.41) is 0.580. The molecule has 1 amide bonds. The van der Waals surface area contributed by atoms with Crippen molar-refractivity contribution < 1.29 is 4.79 Å². The number of rotatable bonds is 2. The van der Waals surface area contributed by atoms with Gasteiger partial charge in [0, 0.05) is 18.0 Å². The highest BCUT2D eigenvalue weighted by molar-refractivity contribution is 6.33. The molecule has 0 aliphatic carbocycles. The van der Waals surface area contributed by atoms with Crippen molar-refractivity contribution in [2.75, 3.05) is 0 Å².